The number of halogens is 1. The average Bonchev–Trinajstić information content (AvgIpc) is 2.95. The molecule has 6 nitrogen and oxygen atoms in total. The first-order valence-corrected chi connectivity index (χ1v) is 8.04. The molecule has 0 bridgehead atoms. The standard InChI is InChI=1S/C13H21IN2O4/c14-16-6-3-10(7-16)1-2-13(19)20-11-4-5-15(8-11)9-12(17)18/h10-11H,1-9H2,(H,17,18). The van der Waals surface area contributed by atoms with Crippen molar-refractivity contribution in [3.05, 3.63) is 0 Å². The fourth-order valence-electron chi connectivity index (χ4n) is 2.82. The van der Waals surface area contributed by atoms with Gasteiger partial charge >= 0.3 is 11.9 Å². The molecule has 0 aromatic rings. The number of esters is 1. The molecular weight excluding hydrogens is 375 g/mol. The fourth-order valence-corrected chi connectivity index (χ4v) is 3.65. The number of aliphatic carboxylic acids is 1. The molecule has 2 aliphatic rings. The van der Waals surface area contributed by atoms with Crippen LogP contribution in [0.4, 0.5) is 0 Å². The largest absolute Gasteiger partial charge is 0.480 e. The Morgan fingerprint density at radius 3 is 2.70 bits per heavy atom. The summed E-state index contributed by atoms with van der Waals surface area (Å²) in [6, 6.07) is 0. The molecule has 0 amide bonds. The van der Waals surface area contributed by atoms with Gasteiger partial charge in [-0.2, -0.15) is 0 Å². The molecule has 0 aromatic heterocycles. The van der Waals surface area contributed by atoms with E-state index in [2.05, 4.69) is 26.0 Å². The van der Waals surface area contributed by atoms with Crippen LogP contribution in [0.3, 0.4) is 0 Å². The van der Waals surface area contributed by atoms with Crippen LogP contribution >= 0.6 is 22.9 Å². The third kappa shape index (κ3) is 5.17. The van der Waals surface area contributed by atoms with E-state index in [1.165, 1.54) is 0 Å². The van der Waals surface area contributed by atoms with Gasteiger partial charge in [-0.05, 0) is 25.2 Å². The molecule has 0 aliphatic carbocycles. The SMILES string of the molecule is O=C(O)CN1CCC(OC(=O)CCC2CCN(I)C2)C1. The summed E-state index contributed by atoms with van der Waals surface area (Å²) in [4.78, 5) is 24.2. The van der Waals surface area contributed by atoms with E-state index in [1.807, 2.05) is 4.90 Å². The monoisotopic (exact) mass is 396 g/mol. The zero-order valence-corrected chi connectivity index (χ0v) is 13.6. The van der Waals surface area contributed by atoms with Crippen molar-refractivity contribution in [1.29, 1.82) is 0 Å². The molecule has 2 atom stereocenters. The first kappa shape index (κ1) is 16.0. The van der Waals surface area contributed by atoms with Gasteiger partial charge in [0, 0.05) is 55.5 Å². The zero-order chi connectivity index (χ0) is 14.5. The van der Waals surface area contributed by atoms with Crippen molar-refractivity contribution in [2.75, 3.05) is 32.7 Å². The van der Waals surface area contributed by atoms with E-state index in [-0.39, 0.29) is 18.6 Å². The maximum Gasteiger partial charge on any atom is 0.317 e. The number of carbonyl (C=O) groups excluding carboxylic acids is 1. The summed E-state index contributed by atoms with van der Waals surface area (Å²) >= 11 is 2.32. The topological polar surface area (TPSA) is 70.1 Å². The summed E-state index contributed by atoms with van der Waals surface area (Å²) in [7, 11) is 0. The van der Waals surface area contributed by atoms with Crippen LogP contribution in [0, 0.1) is 5.92 Å². The minimum atomic E-state index is -0.832. The number of carboxylic acids is 1. The lowest BCUT2D eigenvalue weighted by atomic mass is 10.0. The molecule has 2 fully saturated rings. The molecule has 114 valence electrons. The van der Waals surface area contributed by atoms with E-state index in [0.29, 0.717) is 25.4 Å². The molecule has 7 heteroatoms. The van der Waals surface area contributed by atoms with Gasteiger partial charge in [0.25, 0.3) is 0 Å². The second-order valence-corrected chi connectivity index (χ2v) is 6.96. The van der Waals surface area contributed by atoms with Crippen molar-refractivity contribution in [3.63, 3.8) is 0 Å². The minimum Gasteiger partial charge on any atom is -0.480 e. The molecule has 2 aliphatic heterocycles. The minimum absolute atomic E-state index is 0.0294. The summed E-state index contributed by atoms with van der Waals surface area (Å²) < 4.78 is 7.68. The first-order valence-electron chi connectivity index (χ1n) is 7.07. The van der Waals surface area contributed by atoms with Gasteiger partial charge in [-0.15, -0.1) is 0 Å². The summed E-state index contributed by atoms with van der Waals surface area (Å²) in [5.41, 5.74) is 0. The maximum atomic E-state index is 11.8. The van der Waals surface area contributed by atoms with Crippen molar-refractivity contribution in [2.24, 2.45) is 5.92 Å². The molecule has 0 spiro atoms. The Hall–Kier alpha value is -0.410. The van der Waals surface area contributed by atoms with Crippen LogP contribution in [0.2, 0.25) is 0 Å². The fraction of sp³-hybridized carbons (Fsp3) is 0.846. The van der Waals surface area contributed by atoms with Gasteiger partial charge < -0.3 is 9.84 Å². The second kappa shape index (κ2) is 7.56. The Kier molecular flexibility index (Phi) is 6.03. The van der Waals surface area contributed by atoms with Gasteiger partial charge in [-0.3, -0.25) is 14.5 Å². The Morgan fingerprint density at radius 2 is 2.05 bits per heavy atom. The molecule has 2 saturated heterocycles. The highest BCUT2D eigenvalue weighted by molar-refractivity contribution is 14.1. The summed E-state index contributed by atoms with van der Waals surface area (Å²) in [5.74, 6) is -0.368. The number of nitrogens with zero attached hydrogens (tertiary/aromatic N) is 2. The predicted molar refractivity (Wildman–Crippen MR) is 81.5 cm³/mol. The number of ether oxygens (including phenoxy) is 1. The maximum absolute atomic E-state index is 11.8. The highest BCUT2D eigenvalue weighted by Gasteiger charge is 2.27. The van der Waals surface area contributed by atoms with Gasteiger partial charge in [0.2, 0.25) is 0 Å². The summed E-state index contributed by atoms with van der Waals surface area (Å²) in [6.07, 6.45) is 3.14. The number of rotatable bonds is 6. The zero-order valence-electron chi connectivity index (χ0n) is 11.5. The van der Waals surface area contributed by atoms with Gasteiger partial charge in [-0.25, -0.2) is 3.11 Å². The molecule has 20 heavy (non-hydrogen) atoms. The van der Waals surface area contributed by atoms with Gasteiger partial charge in [0.1, 0.15) is 6.10 Å². The molecule has 0 saturated carbocycles. The number of carboxylic acid groups (broad SMARTS) is 1. The lowest BCUT2D eigenvalue weighted by Gasteiger charge is -2.15. The normalized spacial score (nSPS) is 27.9. The van der Waals surface area contributed by atoms with Crippen molar-refractivity contribution < 1.29 is 19.4 Å². The first-order chi connectivity index (χ1) is 9.52. The van der Waals surface area contributed by atoms with Crippen molar-refractivity contribution in [2.45, 2.75) is 31.8 Å². The van der Waals surface area contributed by atoms with Crippen LogP contribution in [-0.4, -0.2) is 63.9 Å². The molecular formula is C13H21IN2O4. The van der Waals surface area contributed by atoms with Crippen LogP contribution in [-0.2, 0) is 14.3 Å². The molecule has 2 heterocycles. The quantitative estimate of drug-likeness (QED) is 0.413. The van der Waals surface area contributed by atoms with E-state index in [0.717, 1.165) is 32.4 Å². The van der Waals surface area contributed by atoms with Crippen molar-refractivity contribution in [3.8, 4) is 0 Å². The summed E-state index contributed by atoms with van der Waals surface area (Å²) in [5, 5.41) is 8.71. The average molecular weight is 396 g/mol. The Bertz CT molecular complexity index is 366. The van der Waals surface area contributed by atoms with Gasteiger partial charge in [-0.1, -0.05) is 0 Å². The third-order valence-electron chi connectivity index (χ3n) is 3.88. The molecule has 1 N–H and O–H groups in total. The molecule has 2 rings (SSSR count). The second-order valence-electron chi connectivity index (χ2n) is 5.59. The van der Waals surface area contributed by atoms with E-state index in [9.17, 15) is 9.59 Å². The highest BCUT2D eigenvalue weighted by atomic mass is 127. The number of hydrogen-bond donors (Lipinski definition) is 1. The number of likely N-dealkylation sites (tertiary alicyclic amines) is 1. The highest BCUT2D eigenvalue weighted by Crippen LogP contribution is 2.24. The van der Waals surface area contributed by atoms with Gasteiger partial charge in [0.05, 0.1) is 6.54 Å². The molecule has 0 radical (unpaired) electrons. The summed E-state index contributed by atoms with van der Waals surface area (Å²) in [6.45, 7) is 3.43. The van der Waals surface area contributed by atoms with E-state index in [1.54, 1.807) is 0 Å². The smallest absolute Gasteiger partial charge is 0.317 e. The lowest BCUT2D eigenvalue weighted by Crippen LogP contribution is -2.29. The van der Waals surface area contributed by atoms with Crippen LogP contribution < -0.4 is 0 Å². The van der Waals surface area contributed by atoms with E-state index >= 15 is 0 Å². The van der Waals surface area contributed by atoms with Crippen LogP contribution in [0.25, 0.3) is 0 Å². The Morgan fingerprint density at radius 1 is 1.25 bits per heavy atom. The van der Waals surface area contributed by atoms with Crippen molar-refractivity contribution in [1.82, 2.24) is 8.01 Å². The molecule has 0 aromatic carbocycles. The lowest BCUT2D eigenvalue weighted by molar-refractivity contribution is -0.148. The molecule has 2 unspecified atom stereocenters. The number of carbonyl (C=O) groups is 2. The van der Waals surface area contributed by atoms with E-state index < -0.39 is 5.97 Å². The van der Waals surface area contributed by atoms with Crippen LogP contribution in [0.1, 0.15) is 25.7 Å². The van der Waals surface area contributed by atoms with Crippen LogP contribution in [0.15, 0.2) is 0 Å². The number of hydrogen-bond acceptors (Lipinski definition) is 5. The Balaban J connectivity index is 1.61. The third-order valence-corrected chi connectivity index (χ3v) is 4.76. The van der Waals surface area contributed by atoms with Gasteiger partial charge in [0.15, 0.2) is 0 Å². The van der Waals surface area contributed by atoms with Crippen LogP contribution in [0.5, 0.6) is 0 Å². The predicted octanol–water partition coefficient (Wildman–Crippen LogP) is 1.14. The van der Waals surface area contributed by atoms with Crippen molar-refractivity contribution >= 4 is 34.8 Å². The Labute approximate surface area is 132 Å². The van der Waals surface area contributed by atoms with E-state index in [4.69, 9.17) is 9.84 Å².